The van der Waals surface area contributed by atoms with Crippen LogP contribution in [0, 0.1) is 12.5 Å². The minimum Gasteiger partial charge on any atom is -0.497 e. The second-order valence-corrected chi connectivity index (χ2v) is 11.2. The number of ether oxygens (including phenoxy) is 1. The van der Waals surface area contributed by atoms with Crippen LogP contribution in [0.3, 0.4) is 0 Å². The summed E-state index contributed by atoms with van der Waals surface area (Å²) in [6.45, 7) is 10.9. The van der Waals surface area contributed by atoms with Gasteiger partial charge in [-0.15, -0.1) is 0 Å². The Balaban J connectivity index is 1.84. The third-order valence-electron chi connectivity index (χ3n) is 6.15. The molecule has 2 unspecified atom stereocenters. The molecule has 226 valence electrons. The lowest BCUT2D eigenvalue weighted by Crippen LogP contribution is -2.53. The van der Waals surface area contributed by atoms with Gasteiger partial charge in [0, 0.05) is 23.7 Å². The highest BCUT2D eigenvalue weighted by molar-refractivity contribution is 7.46. The van der Waals surface area contributed by atoms with E-state index in [1.165, 1.54) is 55.6 Å². The van der Waals surface area contributed by atoms with Gasteiger partial charge in [0.1, 0.15) is 23.6 Å². The predicted molar refractivity (Wildman–Crippen MR) is 160 cm³/mol. The van der Waals surface area contributed by atoms with Gasteiger partial charge in [0.15, 0.2) is 5.69 Å². The molecule has 0 radical (unpaired) electrons. The molecule has 2 atom stereocenters. The van der Waals surface area contributed by atoms with Crippen LogP contribution in [0.4, 0.5) is 11.4 Å². The number of rotatable bonds is 13. The average Bonchev–Trinajstić information content (AvgIpc) is 2.96. The second kappa shape index (κ2) is 15.0. The zero-order valence-corrected chi connectivity index (χ0v) is 24.7. The van der Waals surface area contributed by atoms with Gasteiger partial charge < -0.3 is 25.2 Å². The van der Waals surface area contributed by atoms with E-state index in [0.717, 1.165) is 0 Å². The summed E-state index contributed by atoms with van der Waals surface area (Å²) < 4.78 is 20.9. The molecule has 3 amide bonds. The lowest BCUT2D eigenvalue weighted by atomic mass is 10.0. The largest absolute Gasteiger partial charge is 0.524 e. The summed E-state index contributed by atoms with van der Waals surface area (Å²) in [7, 11) is -3.25. The third kappa shape index (κ3) is 10.6. The summed E-state index contributed by atoms with van der Waals surface area (Å²) >= 11 is 0. The number of methoxy groups -OCH3 is 1. The Labute approximate surface area is 249 Å². The van der Waals surface area contributed by atoms with Gasteiger partial charge in [-0.25, -0.2) is 9.41 Å². The molecule has 43 heavy (non-hydrogen) atoms. The number of nitrogens with zero attached hydrogens (tertiary/aromatic N) is 1. The number of hydrogen-bond donors (Lipinski definition) is 5. The van der Waals surface area contributed by atoms with E-state index in [0.29, 0.717) is 29.1 Å². The van der Waals surface area contributed by atoms with Crippen molar-refractivity contribution in [3.05, 3.63) is 95.3 Å². The molecule has 3 aromatic carbocycles. The minimum atomic E-state index is -4.76. The second-order valence-electron chi connectivity index (χ2n) is 10.0. The molecular formula is C30H33N4O8P. The summed E-state index contributed by atoms with van der Waals surface area (Å²) in [5, 5.41) is 8.27. The van der Waals surface area contributed by atoms with E-state index in [2.05, 4.69) is 25.3 Å². The fraction of sp³-hybridized carbons (Fsp3) is 0.267. The highest BCUT2D eigenvalue weighted by atomic mass is 31.2. The van der Waals surface area contributed by atoms with Crippen molar-refractivity contribution in [3.8, 4) is 11.5 Å². The molecule has 0 spiro atoms. The number of nitrogens with one attached hydrogen (secondary N) is 3. The molecule has 0 aliphatic rings. The van der Waals surface area contributed by atoms with E-state index < -0.39 is 37.6 Å². The Morgan fingerprint density at radius 3 is 2.16 bits per heavy atom. The van der Waals surface area contributed by atoms with E-state index in [9.17, 15) is 18.9 Å². The number of benzene rings is 3. The molecule has 13 heteroatoms. The zero-order chi connectivity index (χ0) is 31.6. The quantitative estimate of drug-likeness (QED) is 0.142. The Morgan fingerprint density at radius 1 is 0.907 bits per heavy atom. The average molecular weight is 609 g/mol. The van der Waals surface area contributed by atoms with Gasteiger partial charge >= 0.3 is 7.82 Å². The van der Waals surface area contributed by atoms with Crippen molar-refractivity contribution < 1.29 is 38.0 Å². The van der Waals surface area contributed by atoms with Crippen LogP contribution in [-0.4, -0.2) is 46.7 Å². The Kier molecular flexibility index (Phi) is 11.4. The first-order valence-electron chi connectivity index (χ1n) is 13.2. The third-order valence-corrected chi connectivity index (χ3v) is 6.59. The van der Waals surface area contributed by atoms with Crippen LogP contribution in [0.1, 0.15) is 36.2 Å². The molecule has 0 aliphatic heterocycles. The Bertz CT molecular complexity index is 1510. The van der Waals surface area contributed by atoms with Gasteiger partial charge in [0.05, 0.1) is 13.7 Å². The van der Waals surface area contributed by atoms with E-state index in [4.69, 9.17) is 21.1 Å². The summed E-state index contributed by atoms with van der Waals surface area (Å²) in [6, 6.07) is 16.3. The van der Waals surface area contributed by atoms with Crippen LogP contribution in [0.5, 0.6) is 11.5 Å². The van der Waals surface area contributed by atoms with Gasteiger partial charge in [-0.1, -0.05) is 56.3 Å². The number of carbonyl (C=O) groups is 3. The van der Waals surface area contributed by atoms with Crippen molar-refractivity contribution in [2.75, 3.05) is 12.4 Å². The smallest absolute Gasteiger partial charge is 0.497 e. The Morgan fingerprint density at radius 2 is 1.58 bits per heavy atom. The molecule has 0 saturated heterocycles. The number of amides is 3. The first-order valence-corrected chi connectivity index (χ1v) is 14.8. The van der Waals surface area contributed by atoms with Crippen molar-refractivity contribution in [2.24, 2.45) is 5.92 Å². The summed E-state index contributed by atoms with van der Waals surface area (Å²) in [4.78, 5) is 61.4. The number of phosphoric acid groups is 1. The lowest BCUT2D eigenvalue weighted by molar-refractivity contribution is -0.128. The van der Waals surface area contributed by atoms with Crippen LogP contribution in [-0.2, 0) is 20.6 Å². The summed E-state index contributed by atoms with van der Waals surface area (Å²) in [5.74, 6) is -1.13. The van der Waals surface area contributed by atoms with Crippen molar-refractivity contribution in [2.45, 2.75) is 38.8 Å². The predicted octanol–water partition coefficient (Wildman–Crippen LogP) is 4.23. The monoisotopic (exact) mass is 608 g/mol. The first kappa shape index (κ1) is 32.8. The molecule has 0 saturated carbocycles. The van der Waals surface area contributed by atoms with Gasteiger partial charge in [-0.2, -0.15) is 0 Å². The molecule has 3 rings (SSSR count). The molecule has 0 aliphatic carbocycles. The van der Waals surface area contributed by atoms with E-state index >= 15 is 0 Å². The van der Waals surface area contributed by atoms with Gasteiger partial charge in [-0.05, 0) is 42.2 Å². The van der Waals surface area contributed by atoms with Crippen molar-refractivity contribution in [3.63, 3.8) is 0 Å². The van der Waals surface area contributed by atoms with Gasteiger partial charge in [0.2, 0.25) is 11.8 Å². The van der Waals surface area contributed by atoms with Crippen LogP contribution >= 0.6 is 7.82 Å². The van der Waals surface area contributed by atoms with E-state index in [1.54, 1.807) is 24.3 Å². The lowest BCUT2D eigenvalue weighted by Gasteiger charge is -2.24. The number of hydrogen-bond acceptors (Lipinski definition) is 6. The van der Waals surface area contributed by atoms with Crippen molar-refractivity contribution in [1.29, 1.82) is 0 Å². The number of anilines is 1. The normalized spacial score (nSPS) is 12.4. The maximum absolute atomic E-state index is 13.6. The van der Waals surface area contributed by atoms with Crippen LogP contribution < -0.4 is 25.2 Å². The van der Waals surface area contributed by atoms with E-state index in [-0.39, 0.29) is 23.7 Å². The molecule has 3 aromatic rings. The first-order chi connectivity index (χ1) is 20.4. The highest BCUT2D eigenvalue weighted by Gasteiger charge is 2.28. The summed E-state index contributed by atoms with van der Waals surface area (Å²) in [6.07, 6.45) is 0.300. The topological polar surface area (TPSA) is 168 Å². The van der Waals surface area contributed by atoms with Crippen LogP contribution in [0.2, 0.25) is 0 Å². The van der Waals surface area contributed by atoms with E-state index in [1.807, 2.05) is 13.8 Å². The maximum Gasteiger partial charge on any atom is 0.524 e. The SMILES string of the molecule is [C-]#[N+]c1ccc(C(=O)NC(Cc2ccc(OP(=O)(O)O)cc2)C(=O)NC(CC(C)C)C(=O)Nc2cccc(OC)c2)cc1. The molecular weight excluding hydrogens is 575 g/mol. The molecule has 5 N–H and O–H groups in total. The molecule has 0 aromatic heterocycles. The zero-order valence-electron chi connectivity index (χ0n) is 23.8. The minimum absolute atomic E-state index is 0.0141. The van der Waals surface area contributed by atoms with Crippen LogP contribution in [0.25, 0.3) is 4.85 Å². The molecule has 0 fully saturated rings. The standard InChI is InChI=1S/C30H33N4O8P/c1-19(2)16-26(29(36)32-23-6-5-7-25(18-23)41-4)34-30(37)27(33-28(35)21-10-12-22(31-3)13-11-21)17-20-8-14-24(15-9-20)42-43(38,39)40/h5-15,18-19,26-27H,16-17H2,1-2,4H3,(H,32,36)(H,33,35)(H,34,37)(H2,38,39,40). The number of phosphoric ester groups is 1. The fourth-order valence-electron chi connectivity index (χ4n) is 4.10. The number of carbonyl (C=O) groups excluding carboxylic acids is 3. The maximum atomic E-state index is 13.6. The van der Waals surface area contributed by atoms with Crippen LogP contribution in [0.15, 0.2) is 72.8 Å². The van der Waals surface area contributed by atoms with Crippen molar-refractivity contribution >= 4 is 36.9 Å². The highest BCUT2D eigenvalue weighted by Crippen LogP contribution is 2.37. The Hall–Kier alpha value is -4.69. The van der Waals surface area contributed by atoms with Gasteiger partial charge in [0.25, 0.3) is 5.91 Å². The molecule has 0 bridgehead atoms. The molecule has 12 nitrogen and oxygen atoms in total. The fourth-order valence-corrected chi connectivity index (χ4v) is 4.50. The van der Waals surface area contributed by atoms with Gasteiger partial charge in [-0.3, -0.25) is 24.2 Å². The van der Waals surface area contributed by atoms with Crippen molar-refractivity contribution in [1.82, 2.24) is 10.6 Å². The molecule has 0 heterocycles. The summed E-state index contributed by atoms with van der Waals surface area (Å²) in [5.41, 5.74) is 1.60.